The quantitative estimate of drug-likeness (QED) is 0.766. The molecule has 1 heterocycles. The SMILES string of the molecule is COc1nc(-c2cc(OC)c(OC)c(OC)c2)n(C(=O)C2CCCCC2)n1. The van der Waals surface area contributed by atoms with Gasteiger partial charge in [-0.1, -0.05) is 19.3 Å². The molecule has 0 amide bonds. The van der Waals surface area contributed by atoms with Gasteiger partial charge in [-0.2, -0.15) is 9.67 Å². The summed E-state index contributed by atoms with van der Waals surface area (Å²) < 4.78 is 22.7. The molecule has 146 valence electrons. The topological polar surface area (TPSA) is 84.7 Å². The number of aromatic nitrogens is 3. The summed E-state index contributed by atoms with van der Waals surface area (Å²) in [7, 11) is 6.10. The summed E-state index contributed by atoms with van der Waals surface area (Å²) in [5, 5.41) is 4.25. The highest BCUT2D eigenvalue weighted by atomic mass is 16.5. The van der Waals surface area contributed by atoms with Gasteiger partial charge < -0.3 is 18.9 Å². The van der Waals surface area contributed by atoms with Gasteiger partial charge in [0.2, 0.25) is 5.75 Å². The molecular weight excluding hydrogens is 350 g/mol. The van der Waals surface area contributed by atoms with Crippen molar-refractivity contribution in [1.82, 2.24) is 14.8 Å². The van der Waals surface area contributed by atoms with E-state index in [1.54, 1.807) is 26.4 Å². The third-order valence-corrected chi connectivity index (χ3v) is 4.86. The first kappa shape index (κ1) is 19.0. The fourth-order valence-electron chi connectivity index (χ4n) is 3.45. The van der Waals surface area contributed by atoms with E-state index in [9.17, 15) is 4.79 Å². The highest BCUT2D eigenvalue weighted by Gasteiger charge is 2.28. The van der Waals surface area contributed by atoms with Gasteiger partial charge in [0.25, 0.3) is 5.91 Å². The molecule has 1 saturated carbocycles. The first-order valence-electron chi connectivity index (χ1n) is 8.98. The average molecular weight is 375 g/mol. The zero-order chi connectivity index (χ0) is 19.4. The molecule has 3 rings (SSSR count). The maximum Gasteiger partial charge on any atom is 0.336 e. The third kappa shape index (κ3) is 3.70. The van der Waals surface area contributed by atoms with Crippen LogP contribution in [0, 0.1) is 5.92 Å². The Balaban J connectivity index is 2.08. The zero-order valence-corrected chi connectivity index (χ0v) is 16.2. The van der Waals surface area contributed by atoms with E-state index in [0.29, 0.717) is 28.6 Å². The number of ether oxygens (including phenoxy) is 4. The lowest BCUT2D eigenvalue weighted by atomic mass is 9.88. The van der Waals surface area contributed by atoms with Crippen LogP contribution in [0.2, 0.25) is 0 Å². The maximum absolute atomic E-state index is 13.1. The predicted molar refractivity (Wildman–Crippen MR) is 98.9 cm³/mol. The Morgan fingerprint density at radius 2 is 1.59 bits per heavy atom. The van der Waals surface area contributed by atoms with E-state index in [1.165, 1.54) is 25.3 Å². The van der Waals surface area contributed by atoms with Gasteiger partial charge in [0.05, 0.1) is 28.4 Å². The van der Waals surface area contributed by atoms with Crippen LogP contribution >= 0.6 is 0 Å². The van der Waals surface area contributed by atoms with E-state index < -0.39 is 0 Å². The summed E-state index contributed by atoms with van der Waals surface area (Å²) in [5.74, 6) is 1.71. The van der Waals surface area contributed by atoms with Crippen molar-refractivity contribution < 1.29 is 23.7 Å². The van der Waals surface area contributed by atoms with Crippen LogP contribution in [-0.2, 0) is 0 Å². The molecule has 8 nitrogen and oxygen atoms in total. The summed E-state index contributed by atoms with van der Waals surface area (Å²) in [6.45, 7) is 0. The number of rotatable bonds is 6. The third-order valence-electron chi connectivity index (χ3n) is 4.86. The van der Waals surface area contributed by atoms with Crippen LogP contribution in [0.25, 0.3) is 11.4 Å². The second-order valence-electron chi connectivity index (χ2n) is 6.42. The Morgan fingerprint density at radius 3 is 2.11 bits per heavy atom. The van der Waals surface area contributed by atoms with Crippen molar-refractivity contribution in [1.29, 1.82) is 0 Å². The maximum atomic E-state index is 13.1. The molecule has 8 heteroatoms. The van der Waals surface area contributed by atoms with E-state index in [1.807, 2.05) is 0 Å². The molecule has 0 unspecified atom stereocenters. The van der Waals surface area contributed by atoms with Gasteiger partial charge in [-0.15, -0.1) is 5.10 Å². The minimum Gasteiger partial charge on any atom is -0.493 e. The highest BCUT2D eigenvalue weighted by Crippen LogP contribution is 2.41. The van der Waals surface area contributed by atoms with Gasteiger partial charge in [-0.25, -0.2) is 0 Å². The van der Waals surface area contributed by atoms with Gasteiger partial charge in [0, 0.05) is 11.5 Å². The molecule has 27 heavy (non-hydrogen) atoms. The minimum absolute atomic E-state index is 0.0501. The Labute approximate surface area is 158 Å². The first-order chi connectivity index (χ1) is 13.1. The molecule has 1 aliphatic rings. The summed E-state index contributed by atoms with van der Waals surface area (Å²) >= 11 is 0. The lowest BCUT2D eigenvalue weighted by Crippen LogP contribution is -2.25. The van der Waals surface area contributed by atoms with Crippen molar-refractivity contribution in [3.05, 3.63) is 12.1 Å². The van der Waals surface area contributed by atoms with Crippen LogP contribution in [0.4, 0.5) is 0 Å². The van der Waals surface area contributed by atoms with Crippen molar-refractivity contribution in [2.24, 2.45) is 5.92 Å². The highest BCUT2D eigenvalue weighted by molar-refractivity contribution is 5.85. The molecule has 0 atom stereocenters. The average Bonchev–Trinajstić information content (AvgIpc) is 3.17. The summed E-state index contributed by atoms with van der Waals surface area (Å²) in [4.78, 5) is 17.5. The molecule has 0 aliphatic heterocycles. The van der Waals surface area contributed by atoms with Crippen molar-refractivity contribution >= 4 is 5.91 Å². The Bertz CT molecular complexity index is 787. The molecular formula is C19H25N3O5. The number of nitrogens with zero attached hydrogens (tertiary/aromatic N) is 3. The van der Waals surface area contributed by atoms with Crippen LogP contribution < -0.4 is 18.9 Å². The molecule has 0 radical (unpaired) electrons. The standard InChI is InChI=1S/C19H25N3O5/c1-24-14-10-13(11-15(25-2)16(14)26-3)17-20-19(27-4)21-22(17)18(23)12-8-6-5-7-9-12/h10-12H,5-9H2,1-4H3. The van der Waals surface area contributed by atoms with Gasteiger partial charge in [-0.05, 0) is 25.0 Å². The predicted octanol–water partition coefficient (Wildman–Crippen LogP) is 3.20. The van der Waals surface area contributed by atoms with Crippen LogP contribution in [0.15, 0.2) is 12.1 Å². The van der Waals surface area contributed by atoms with Crippen LogP contribution in [-0.4, -0.2) is 49.1 Å². The minimum atomic E-state index is -0.0609. The van der Waals surface area contributed by atoms with E-state index in [4.69, 9.17) is 18.9 Å². The number of hydrogen-bond donors (Lipinski definition) is 0. The summed E-state index contributed by atoms with van der Waals surface area (Å²) in [6, 6.07) is 3.63. The zero-order valence-electron chi connectivity index (χ0n) is 16.2. The van der Waals surface area contributed by atoms with Crippen LogP contribution in [0.1, 0.15) is 36.9 Å². The number of carbonyl (C=O) groups is 1. The Hall–Kier alpha value is -2.77. The Morgan fingerprint density at radius 1 is 0.963 bits per heavy atom. The number of benzene rings is 1. The number of carbonyl (C=O) groups excluding carboxylic acids is 1. The van der Waals surface area contributed by atoms with Crippen molar-refractivity contribution in [2.45, 2.75) is 32.1 Å². The first-order valence-corrected chi connectivity index (χ1v) is 8.98. The van der Waals surface area contributed by atoms with Gasteiger partial charge in [-0.3, -0.25) is 4.79 Å². The summed E-state index contributed by atoms with van der Waals surface area (Å²) in [5.41, 5.74) is 0.629. The summed E-state index contributed by atoms with van der Waals surface area (Å²) in [6.07, 6.45) is 5.03. The lowest BCUT2D eigenvalue weighted by Gasteiger charge is -2.20. The Kier molecular flexibility index (Phi) is 5.83. The lowest BCUT2D eigenvalue weighted by molar-refractivity contribution is 0.0785. The molecule has 1 aromatic heterocycles. The van der Waals surface area contributed by atoms with Crippen molar-refractivity contribution in [2.75, 3.05) is 28.4 Å². The van der Waals surface area contributed by atoms with Crippen molar-refractivity contribution in [3.63, 3.8) is 0 Å². The van der Waals surface area contributed by atoms with Crippen LogP contribution in [0.3, 0.4) is 0 Å². The van der Waals surface area contributed by atoms with Gasteiger partial charge in [0.15, 0.2) is 17.3 Å². The van der Waals surface area contributed by atoms with E-state index >= 15 is 0 Å². The second-order valence-corrected chi connectivity index (χ2v) is 6.42. The molecule has 0 spiro atoms. The fourth-order valence-corrected chi connectivity index (χ4v) is 3.45. The smallest absolute Gasteiger partial charge is 0.336 e. The molecule has 1 fully saturated rings. The number of methoxy groups -OCH3 is 4. The van der Waals surface area contributed by atoms with Crippen molar-refractivity contribution in [3.8, 4) is 34.6 Å². The number of hydrogen-bond acceptors (Lipinski definition) is 7. The van der Waals surface area contributed by atoms with Gasteiger partial charge in [0.1, 0.15) is 0 Å². The second kappa shape index (κ2) is 8.28. The van der Waals surface area contributed by atoms with E-state index in [-0.39, 0.29) is 17.8 Å². The molecule has 0 bridgehead atoms. The fraction of sp³-hybridized carbons (Fsp3) is 0.526. The molecule has 0 saturated heterocycles. The van der Waals surface area contributed by atoms with Crippen LogP contribution in [0.5, 0.6) is 23.3 Å². The largest absolute Gasteiger partial charge is 0.493 e. The van der Waals surface area contributed by atoms with Gasteiger partial charge >= 0.3 is 6.01 Å². The normalized spacial score (nSPS) is 14.7. The molecule has 1 aliphatic carbocycles. The molecule has 0 N–H and O–H groups in total. The monoisotopic (exact) mass is 375 g/mol. The van der Waals surface area contributed by atoms with E-state index in [0.717, 1.165) is 25.7 Å². The molecule has 2 aromatic rings. The van der Waals surface area contributed by atoms with E-state index in [2.05, 4.69) is 10.1 Å². The molecule has 1 aromatic carbocycles.